The number of nitrogens with two attached hydrogens (primary N) is 1. The summed E-state index contributed by atoms with van der Waals surface area (Å²) >= 11 is 0. The molecule has 0 aliphatic carbocycles. The van der Waals surface area contributed by atoms with E-state index < -0.39 is 10.0 Å². The molecule has 8 heteroatoms. The minimum Gasteiger partial charge on any atom is -0.324 e. The van der Waals surface area contributed by atoms with E-state index in [-0.39, 0.29) is 4.90 Å². The van der Waals surface area contributed by atoms with Crippen molar-refractivity contribution in [1.29, 1.82) is 0 Å². The molecule has 0 radical (unpaired) electrons. The van der Waals surface area contributed by atoms with Crippen LogP contribution in [0.15, 0.2) is 83.9 Å². The van der Waals surface area contributed by atoms with Gasteiger partial charge in [0.1, 0.15) is 0 Å². The summed E-state index contributed by atoms with van der Waals surface area (Å²) in [4.78, 5) is 11.4. The maximum absolute atomic E-state index is 11.4. The first-order valence-corrected chi connectivity index (χ1v) is 11.3. The van der Waals surface area contributed by atoms with Crippen LogP contribution in [0.3, 0.4) is 0 Å². The van der Waals surface area contributed by atoms with Gasteiger partial charge in [-0.15, -0.1) is 0 Å². The number of nitrogens with one attached hydrogen (secondary N) is 1. The number of rotatable bonds is 7. The van der Waals surface area contributed by atoms with Crippen LogP contribution in [0.2, 0.25) is 0 Å². The zero-order valence-corrected chi connectivity index (χ0v) is 17.9. The molecule has 0 spiro atoms. The van der Waals surface area contributed by atoms with E-state index in [1.54, 1.807) is 18.3 Å². The predicted molar refractivity (Wildman–Crippen MR) is 122 cm³/mol. The molecule has 0 amide bonds. The average molecular weight is 434 g/mol. The highest BCUT2D eigenvalue weighted by molar-refractivity contribution is 7.89. The van der Waals surface area contributed by atoms with Crippen LogP contribution >= 0.6 is 0 Å². The van der Waals surface area contributed by atoms with Gasteiger partial charge in [0.25, 0.3) is 0 Å². The Kier molecular flexibility index (Phi) is 5.94. The van der Waals surface area contributed by atoms with Crippen LogP contribution in [-0.4, -0.2) is 30.3 Å². The molecular formula is C23H23N5O2S. The highest BCUT2D eigenvalue weighted by atomic mass is 32.2. The quantitative estimate of drug-likeness (QED) is 0.461. The van der Waals surface area contributed by atoms with Crippen molar-refractivity contribution in [1.82, 2.24) is 14.9 Å². The fourth-order valence-electron chi connectivity index (χ4n) is 3.40. The highest BCUT2D eigenvalue weighted by Gasteiger charge is 2.10. The Labute approximate surface area is 181 Å². The third kappa shape index (κ3) is 5.24. The fraction of sp³-hybridized carbons (Fsp3) is 0.130. The lowest BCUT2D eigenvalue weighted by Gasteiger charge is -2.18. The molecule has 31 heavy (non-hydrogen) atoms. The molecule has 158 valence electrons. The van der Waals surface area contributed by atoms with Gasteiger partial charge in [0.2, 0.25) is 16.0 Å². The molecule has 0 aliphatic heterocycles. The number of aromatic nitrogens is 2. The maximum atomic E-state index is 11.4. The van der Waals surface area contributed by atoms with E-state index >= 15 is 0 Å². The Morgan fingerprint density at radius 2 is 1.68 bits per heavy atom. The first-order chi connectivity index (χ1) is 14.9. The van der Waals surface area contributed by atoms with Crippen molar-refractivity contribution in [2.45, 2.75) is 18.0 Å². The Morgan fingerprint density at radius 3 is 2.39 bits per heavy atom. The van der Waals surface area contributed by atoms with Gasteiger partial charge in [-0.25, -0.2) is 23.5 Å². The van der Waals surface area contributed by atoms with E-state index in [1.165, 1.54) is 17.7 Å². The normalized spacial score (nSPS) is 11.7. The first kappa shape index (κ1) is 20.9. The molecule has 0 aliphatic rings. The van der Waals surface area contributed by atoms with Gasteiger partial charge in [-0.05, 0) is 42.4 Å². The van der Waals surface area contributed by atoms with Crippen molar-refractivity contribution < 1.29 is 8.42 Å². The van der Waals surface area contributed by atoms with Crippen LogP contribution in [-0.2, 0) is 23.1 Å². The van der Waals surface area contributed by atoms with Crippen molar-refractivity contribution in [3.05, 3.63) is 90.1 Å². The standard InChI is InChI=1S/C23H23N5O2S/c1-28(15-17-6-3-2-4-7-17)16-19-9-5-8-18-14-25-23(27-22(18)19)26-20-10-12-21(13-11-20)31(24,29)30/h2-14H,15-16H2,1H3,(H2,24,29,30)(H,25,26,27). The van der Waals surface area contributed by atoms with Gasteiger partial charge in [0, 0.05) is 30.4 Å². The van der Waals surface area contributed by atoms with Crippen molar-refractivity contribution in [2.75, 3.05) is 12.4 Å². The van der Waals surface area contributed by atoms with E-state index in [0.717, 1.165) is 29.6 Å². The Balaban J connectivity index is 1.55. The molecule has 3 N–H and O–H groups in total. The molecular weight excluding hydrogens is 410 g/mol. The van der Waals surface area contributed by atoms with Crippen LogP contribution in [0.5, 0.6) is 0 Å². The SMILES string of the molecule is CN(Cc1ccccc1)Cc1cccc2cnc(Nc3ccc(S(N)(=O)=O)cc3)nc12. The second kappa shape index (κ2) is 8.81. The summed E-state index contributed by atoms with van der Waals surface area (Å²) in [6.07, 6.45) is 1.78. The molecule has 0 bridgehead atoms. The van der Waals surface area contributed by atoms with E-state index in [9.17, 15) is 8.42 Å². The second-order valence-corrected chi connectivity index (χ2v) is 8.96. The van der Waals surface area contributed by atoms with Crippen LogP contribution in [0.4, 0.5) is 11.6 Å². The molecule has 0 fully saturated rings. The minimum absolute atomic E-state index is 0.0567. The number of fused-ring (bicyclic) bond motifs is 1. The average Bonchev–Trinajstić information content (AvgIpc) is 2.74. The third-order valence-corrected chi connectivity index (χ3v) is 5.80. The smallest absolute Gasteiger partial charge is 0.238 e. The number of anilines is 2. The second-order valence-electron chi connectivity index (χ2n) is 7.40. The maximum Gasteiger partial charge on any atom is 0.238 e. The zero-order chi connectivity index (χ0) is 21.8. The first-order valence-electron chi connectivity index (χ1n) is 9.75. The molecule has 0 saturated heterocycles. The monoisotopic (exact) mass is 433 g/mol. The molecule has 4 aromatic rings. The summed E-state index contributed by atoms with van der Waals surface area (Å²) in [5, 5.41) is 9.23. The number of sulfonamides is 1. The van der Waals surface area contributed by atoms with Gasteiger partial charge in [-0.1, -0.05) is 48.5 Å². The van der Waals surface area contributed by atoms with Crippen LogP contribution in [0.25, 0.3) is 10.9 Å². The molecule has 0 saturated carbocycles. The van der Waals surface area contributed by atoms with Gasteiger partial charge >= 0.3 is 0 Å². The molecule has 0 unspecified atom stereocenters. The van der Waals surface area contributed by atoms with Gasteiger partial charge in [0.15, 0.2) is 0 Å². The third-order valence-electron chi connectivity index (χ3n) is 4.87. The van der Waals surface area contributed by atoms with Crippen molar-refractivity contribution in [3.63, 3.8) is 0 Å². The molecule has 4 rings (SSSR count). The summed E-state index contributed by atoms with van der Waals surface area (Å²) in [7, 11) is -1.64. The number of hydrogen-bond acceptors (Lipinski definition) is 6. The molecule has 7 nitrogen and oxygen atoms in total. The van der Waals surface area contributed by atoms with Crippen molar-refractivity contribution in [2.24, 2.45) is 5.14 Å². The molecule has 3 aromatic carbocycles. The molecule has 1 heterocycles. The lowest BCUT2D eigenvalue weighted by Crippen LogP contribution is -2.17. The van der Waals surface area contributed by atoms with Gasteiger partial charge in [-0.2, -0.15) is 0 Å². The molecule has 1 aromatic heterocycles. The number of hydrogen-bond donors (Lipinski definition) is 2. The van der Waals surface area contributed by atoms with E-state index in [4.69, 9.17) is 10.1 Å². The summed E-state index contributed by atoms with van der Waals surface area (Å²) in [6, 6.07) is 22.6. The largest absolute Gasteiger partial charge is 0.324 e. The summed E-state index contributed by atoms with van der Waals surface area (Å²) in [6.45, 7) is 1.58. The van der Waals surface area contributed by atoms with E-state index in [1.807, 2.05) is 30.3 Å². The van der Waals surface area contributed by atoms with Gasteiger partial charge in [-0.3, -0.25) is 4.90 Å². The number of para-hydroxylation sites is 1. The predicted octanol–water partition coefficient (Wildman–Crippen LogP) is 3.65. The fourth-order valence-corrected chi connectivity index (χ4v) is 3.92. The van der Waals surface area contributed by atoms with Crippen LogP contribution in [0, 0.1) is 0 Å². The lowest BCUT2D eigenvalue weighted by molar-refractivity contribution is 0.320. The summed E-state index contributed by atoms with van der Waals surface area (Å²) < 4.78 is 22.8. The van der Waals surface area contributed by atoms with Crippen molar-refractivity contribution >= 4 is 32.6 Å². The van der Waals surface area contributed by atoms with Crippen molar-refractivity contribution in [3.8, 4) is 0 Å². The Bertz CT molecular complexity index is 1290. The highest BCUT2D eigenvalue weighted by Crippen LogP contribution is 2.22. The van der Waals surface area contributed by atoms with E-state index in [2.05, 4.69) is 40.4 Å². The zero-order valence-electron chi connectivity index (χ0n) is 17.1. The summed E-state index contributed by atoms with van der Waals surface area (Å²) in [5.74, 6) is 0.439. The van der Waals surface area contributed by atoms with Gasteiger partial charge < -0.3 is 5.32 Å². The minimum atomic E-state index is -3.72. The van der Waals surface area contributed by atoms with Crippen LogP contribution < -0.4 is 10.5 Å². The number of nitrogens with zero attached hydrogens (tertiary/aromatic N) is 3. The molecule has 0 atom stereocenters. The van der Waals surface area contributed by atoms with Gasteiger partial charge in [0.05, 0.1) is 10.4 Å². The number of primary sulfonamides is 1. The topological polar surface area (TPSA) is 101 Å². The Hall–Kier alpha value is -3.33. The lowest BCUT2D eigenvalue weighted by atomic mass is 10.1. The number of benzene rings is 3. The van der Waals surface area contributed by atoms with E-state index in [0.29, 0.717) is 11.6 Å². The summed E-state index contributed by atoms with van der Waals surface area (Å²) in [5.41, 5.74) is 3.91. The van der Waals surface area contributed by atoms with Crippen LogP contribution in [0.1, 0.15) is 11.1 Å². The Morgan fingerprint density at radius 1 is 0.935 bits per heavy atom.